The van der Waals surface area contributed by atoms with E-state index in [2.05, 4.69) is 19.1 Å². The molecule has 1 aliphatic rings. The number of hydrogen-bond donors (Lipinski definition) is 1. The number of halogens is 1. The van der Waals surface area contributed by atoms with Crippen molar-refractivity contribution in [1.82, 2.24) is 0 Å². The fraction of sp³-hybridized carbons (Fsp3) is 0.417. The summed E-state index contributed by atoms with van der Waals surface area (Å²) in [6, 6.07) is 8.10. The Hall–Kier alpha value is -1.06. The van der Waals surface area contributed by atoms with Crippen molar-refractivity contribution in [2.45, 2.75) is 25.8 Å². The number of carbonyl (C=O) groups excluding carboxylic acids is 1. The Balaban J connectivity index is 0.00000128. The predicted octanol–water partition coefficient (Wildman–Crippen LogP) is 1.73. The minimum atomic E-state index is -0.0108. The van der Waals surface area contributed by atoms with E-state index in [9.17, 15) is 4.79 Å². The lowest BCUT2D eigenvalue weighted by molar-refractivity contribution is -0.117. The van der Waals surface area contributed by atoms with Crippen molar-refractivity contribution >= 4 is 24.0 Å². The molecule has 1 heterocycles. The van der Waals surface area contributed by atoms with Gasteiger partial charge in [0.2, 0.25) is 5.91 Å². The Morgan fingerprint density at radius 3 is 2.44 bits per heavy atom. The highest BCUT2D eigenvalue weighted by atomic mass is 35.5. The third-order valence-corrected chi connectivity index (χ3v) is 2.81. The molecule has 4 heteroatoms. The molecule has 2 N–H and O–H groups in total. The molecular weight excluding hydrogens is 224 g/mol. The van der Waals surface area contributed by atoms with Crippen molar-refractivity contribution in [2.24, 2.45) is 5.73 Å². The number of nitrogens with two attached hydrogens (primary N) is 1. The normalized spacial score (nSPS) is 19.8. The Morgan fingerprint density at radius 2 is 2.00 bits per heavy atom. The first-order valence-electron chi connectivity index (χ1n) is 5.35. The van der Waals surface area contributed by atoms with Gasteiger partial charge in [0.1, 0.15) is 0 Å². The van der Waals surface area contributed by atoms with Crippen LogP contribution in [0.5, 0.6) is 0 Å². The second kappa shape index (κ2) is 5.32. The lowest BCUT2D eigenvalue weighted by Crippen LogP contribution is -2.27. The van der Waals surface area contributed by atoms with E-state index in [-0.39, 0.29) is 24.4 Å². The second-order valence-electron chi connectivity index (χ2n) is 3.99. The van der Waals surface area contributed by atoms with E-state index in [0.717, 1.165) is 12.1 Å². The zero-order valence-electron chi connectivity index (χ0n) is 9.35. The number of nitrogens with zero attached hydrogens (tertiary/aromatic N) is 1. The standard InChI is InChI=1S/C12H16N2O.ClH/c1-2-9-3-5-11(6-4-9)14-8-10(13)7-12(14)15;/h3-6,10H,2,7-8,13H2,1H3;1H. The maximum atomic E-state index is 11.6. The molecule has 3 nitrogen and oxygen atoms in total. The van der Waals surface area contributed by atoms with Crippen LogP contribution < -0.4 is 10.6 Å². The van der Waals surface area contributed by atoms with Gasteiger partial charge < -0.3 is 10.6 Å². The van der Waals surface area contributed by atoms with Crippen LogP contribution in [0.3, 0.4) is 0 Å². The smallest absolute Gasteiger partial charge is 0.228 e. The maximum absolute atomic E-state index is 11.6. The van der Waals surface area contributed by atoms with Crippen LogP contribution in [-0.4, -0.2) is 18.5 Å². The number of aryl methyl sites for hydroxylation is 1. The molecule has 88 valence electrons. The van der Waals surface area contributed by atoms with Crippen LogP contribution in [0.1, 0.15) is 18.9 Å². The van der Waals surface area contributed by atoms with Crippen LogP contribution in [-0.2, 0) is 11.2 Å². The van der Waals surface area contributed by atoms with E-state index in [1.165, 1.54) is 5.56 Å². The van der Waals surface area contributed by atoms with Gasteiger partial charge in [0.25, 0.3) is 0 Å². The van der Waals surface area contributed by atoms with E-state index in [0.29, 0.717) is 13.0 Å². The fourth-order valence-electron chi connectivity index (χ4n) is 1.90. The summed E-state index contributed by atoms with van der Waals surface area (Å²) in [6.45, 7) is 2.76. The van der Waals surface area contributed by atoms with Gasteiger partial charge in [-0.3, -0.25) is 4.79 Å². The number of hydrogen-bond acceptors (Lipinski definition) is 2. The third kappa shape index (κ3) is 2.54. The predicted molar refractivity (Wildman–Crippen MR) is 68.0 cm³/mol. The maximum Gasteiger partial charge on any atom is 0.228 e. The van der Waals surface area contributed by atoms with Gasteiger partial charge in [0, 0.05) is 24.7 Å². The first-order chi connectivity index (χ1) is 7.20. The molecule has 0 saturated carbocycles. The Bertz CT molecular complexity index is 364. The van der Waals surface area contributed by atoms with Crippen molar-refractivity contribution < 1.29 is 4.79 Å². The van der Waals surface area contributed by atoms with Crippen LogP contribution in [0.15, 0.2) is 24.3 Å². The molecular formula is C12H17ClN2O. The molecule has 1 amide bonds. The van der Waals surface area contributed by atoms with Crippen molar-refractivity contribution in [3.63, 3.8) is 0 Å². The summed E-state index contributed by atoms with van der Waals surface area (Å²) >= 11 is 0. The summed E-state index contributed by atoms with van der Waals surface area (Å²) in [5, 5.41) is 0. The van der Waals surface area contributed by atoms with Crippen LogP contribution in [0, 0.1) is 0 Å². The molecule has 1 aliphatic heterocycles. The first-order valence-corrected chi connectivity index (χ1v) is 5.35. The summed E-state index contributed by atoms with van der Waals surface area (Å²) in [5.41, 5.74) is 8.00. The molecule has 0 aromatic heterocycles. The molecule has 16 heavy (non-hydrogen) atoms. The number of anilines is 1. The van der Waals surface area contributed by atoms with E-state index >= 15 is 0 Å². The summed E-state index contributed by atoms with van der Waals surface area (Å²) in [6.07, 6.45) is 1.49. The van der Waals surface area contributed by atoms with Crippen molar-refractivity contribution in [3.05, 3.63) is 29.8 Å². The van der Waals surface area contributed by atoms with Crippen molar-refractivity contribution in [2.75, 3.05) is 11.4 Å². The van der Waals surface area contributed by atoms with E-state index in [1.54, 1.807) is 4.90 Å². The highest BCUT2D eigenvalue weighted by Gasteiger charge is 2.27. The van der Waals surface area contributed by atoms with Gasteiger partial charge in [-0.1, -0.05) is 19.1 Å². The summed E-state index contributed by atoms with van der Waals surface area (Å²) < 4.78 is 0. The number of carbonyl (C=O) groups is 1. The molecule has 1 aromatic rings. The molecule has 0 bridgehead atoms. The minimum Gasteiger partial charge on any atom is -0.326 e. The quantitative estimate of drug-likeness (QED) is 0.856. The van der Waals surface area contributed by atoms with Gasteiger partial charge in [0.05, 0.1) is 0 Å². The first kappa shape index (κ1) is 13.0. The van der Waals surface area contributed by atoms with Gasteiger partial charge in [-0.15, -0.1) is 12.4 Å². The van der Waals surface area contributed by atoms with Crippen LogP contribution in [0.4, 0.5) is 5.69 Å². The van der Waals surface area contributed by atoms with Gasteiger partial charge in [-0.2, -0.15) is 0 Å². The Kier molecular flexibility index (Phi) is 4.33. The van der Waals surface area contributed by atoms with Crippen molar-refractivity contribution in [1.29, 1.82) is 0 Å². The van der Waals surface area contributed by atoms with Crippen molar-refractivity contribution in [3.8, 4) is 0 Å². The average Bonchev–Trinajstić information content (AvgIpc) is 2.58. The molecule has 0 spiro atoms. The Labute approximate surface area is 102 Å². The number of amides is 1. The van der Waals surface area contributed by atoms with Gasteiger partial charge >= 0.3 is 0 Å². The highest BCUT2D eigenvalue weighted by molar-refractivity contribution is 5.96. The van der Waals surface area contributed by atoms with Gasteiger partial charge in [-0.25, -0.2) is 0 Å². The minimum absolute atomic E-state index is 0. The summed E-state index contributed by atoms with van der Waals surface area (Å²) in [7, 11) is 0. The van der Waals surface area contributed by atoms with Gasteiger partial charge in [-0.05, 0) is 24.1 Å². The van der Waals surface area contributed by atoms with Crippen LogP contribution in [0.25, 0.3) is 0 Å². The lowest BCUT2D eigenvalue weighted by atomic mass is 10.1. The molecule has 1 atom stereocenters. The average molecular weight is 241 g/mol. The number of benzene rings is 1. The molecule has 1 unspecified atom stereocenters. The fourth-order valence-corrected chi connectivity index (χ4v) is 1.90. The van der Waals surface area contributed by atoms with Gasteiger partial charge in [0.15, 0.2) is 0 Å². The Morgan fingerprint density at radius 1 is 1.38 bits per heavy atom. The molecule has 1 saturated heterocycles. The molecule has 1 aromatic carbocycles. The largest absolute Gasteiger partial charge is 0.326 e. The highest BCUT2D eigenvalue weighted by Crippen LogP contribution is 2.21. The van der Waals surface area contributed by atoms with E-state index in [4.69, 9.17) is 5.73 Å². The molecule has 0 radical (unpaired) electrons. The van der Waals surface area contributed by atoms with Crippen LogP contribution >= 0.6 is 12.4 Å². The summed E-state index contributed by atoms with van der Waals surface area (Å²) in [4.78, 5) is 13.4. The van der Waals surface area contributed by atoms with E-state index in [1.807, 2.05) is 12.1 Å². The molecule has 1 fully saturated rings. The zero-order chi connectivity index (χ0) is 10.8. The van der Waals surface area contributed by atoms with E-state index < -0.39 is 0 Å². The second-order valence-corrected chi connectivity index (χ2v) is 3.99. The topological polar surface area (TPSA) is 46.3 Å². The molecule has 0 aliphatic carbocycles. The zero-order valence-corrected chi connectivity index (χ0v) is 10.2. The number of rotatable bonds is 2. The third-order valence-electron chi connectivity index (χ3n) is 2.81. The summed E-state index contributed by atoms with van der Waals surface area (Å²) in [5.74, 6) is 0.131. The SMILES string of the molecule is CCc1ccc(N2CC(N)CC2=O)cc1.Cl. The monoisotopic (exact) mass is 240 g/mol. The van der Waals surface area contributed by atoms with Crippen LogP contribution in [0.2, 0.25) is 0 Å². The molecule has 2 rings (SSSR count). The lowest BCUT2D eigenvalue weighted by Gasteiger charge is -2.16.